The van der Waals surface area contributed by atoms with Gasteiger partial charge >= 0.3 is 0 Å². The van der Waals surface area contributed by atoms with Gasteiger partial charge in [-0.05, 0) is 0 Å². The molecule has 9 heteroatoms. The second-order valence-corrected chi connectivity index (χ2v) is 5.78. The number of ether oxygens (including phenoxy) is 1. The van der Waals surface area contributed by atoms with Gasteiger partial charge < -0.3 is 26.0 Å². The second-order valence-electron chi connectivity index (χ2n) is 4.80. The second kappa shape index (κ2) is 6.07. The van der Waals surface area contributed by atoms with Crippen molar-refractivity contribution in [3.63, 3.8) is 0 Å². The van der Waals surface area contributed by atoms with Gasteiger partial charge in [0.05, 0.1) is 18.6 Å². The van der Waals surface area contributed by atoms with Gasteiger partial charge in [-0.2, -0.15) is 4.99 Å². The Morgan fingerprint density at radius 3 is 2.95 bits per heavy atom. The molecule has 0 saturated carbocycles. The molecule has 2 heterocycles. The summed E-state index contributed by atoms with van der Waals surface area (Å²) in [5, 5.41) is 21.4. The lowest BCUT2D eigenvalue weighted by Crippen LogP contribution is -2.46. The lowest BCUT2D eigenvalue weighted by molar-refractivity contribution is -0.0784. The van der Waals surface area contributed by atoms with E-state index in [9.17, 15) is 10.2 Å². The molecule has 2 rings (SSSR count). The highest BCUT2D eigenvalue weighted by molar-refractivity contribution is 7.18. The topological polar surface area (TPSA) is 118 Å². The molecule has 0 aromatic carbocycles. The highest BCUT2D eigenvalue weighted by atomic mass is 31.0. The minimum Gasteiger partial charge on any atom is -0.393 e. The summed E-state index contributed by atoms with van der Waals surface area (Å²) in [6, 6.07) is -0.872. The van der Waals surface area contributed by atoms with Crippen molar-refractivity contribution in [3.8, 4) is 12.3 Å². The van der Waals surface area contributed by atoms with Crippen LogP contribution in [0.25, 0.3) is 5.70 Å². The summed E-state index contributed by atoms with van der Waals surface area (Å²) in [6.45, 7) is 3.36. The van der Waals surface area contributed by atoms with Crippen molar-refractivity contribution in [1.29, 1.82) is 0 Å². The zero-order valence-corrected chi connectivity index (χ0v) is 13.2. The van der Waals surface area contributed by atoms with Gasteiger partial charge in [0, 0.05) is 7.11 Å². The number of hydrogen-bond donors (Lipinski definition) is 4. The molecule has 22 heavy (non-hydrogen) atoms. The maximum atomic E-state index is 10.5. The van der Waals surface area contributed by atoms with Crippen molar-refractivity contribution < 1.29 is 14.9 Å². The van der Waals surface area contributed by atoms with Gasteiger partial charge in [-0.3, -0.25) is 4.57 Å². The van der Waals surface area contributed by atoms with Crippen molar-refractivity contribution in [2.75, 3.05) is 13.7 Å². The summed E-state index contributed by atoms with van der Waals surface area (Å²) in [5.41, 5.74) is 6.65. The van der Waals surface area contributed by atoms with Gasteiger partial charge in [-0.15, -0.1) is 6.42 Å². The van der Waals surface area contributed by atoms with E-state index in [1.54, 1.807) is 0 Å². The van der Waals surface area contributed by atoms with E-state index < -0.39 is 24.1 Å². The SMILES string of the molecule is C#CC([C@H](O)C(P)(CO)OC)n1cnc2c1N=C(N)NC2=C. The molecule has 118 valence electrons. The number of nitrogens with zero attached hydrogens (tertiary/aromatic N) is 3. The molecule has 1 aliphatic rings. The van der Waals surface area contributed by atoms with Crippen LogP contribution >= 0.6 is 9.24 Å². The minimum absolute atomic E-state index is 0.149. The van der Waals surface area contributed by atoms with E-state index in [0.717, 1.165) is 0 Å². The average molecular weight is 323 g/mol. The Labute approximate surface area is 130 Å². The number of rotatable bonds is 5. The fourth-order valence-corrected chi connectivity index (χ4v) is 2.29. The average Bonchev–Trinajstić information content (AvgIpc) is 2.91. The molecule has 3 unspecified atom stereocenters. The molecule has 0 aliphatic carbocycles. The summed E-state index contributed by atoms with van der Waals surface area (Å²) in [4.78, 5) is 8.33. The highest BCUT2D eigenvalue weighted by Crippen LogP contribution is 2.35. The van der Waals surface area contributed by atoms with Gasteiger partial charge in [0.2, 0.25) is 0 Å². The number of aromatic nitrogens is 2. The Bertz CT molecular complexity index is 659. The molecular weight excluding hydrogens is 305 g/mol. The zero-order valence-electron chi connectivity index (χ0n) is 12.0. The van der Waals surface area contributed by atoms with Gasteiger partial charge in [0.15, 0.2) is 11.8 Å². The van der Waals surface area contributed by atoms with E-state index in [-0.39, 0.29) is 5.96 Å². The summed E-state index contributed by atoms with van der Waals surface area (Å²) in [7, 11) is 3.63. The van der Waals surface area contributed by atoms with Crippen LogP contribution in [0, 0.1) is 12.3 Å². The molecule has 5 N–H and O–H groups in total. The van der Waals surface area contributed by atoms with E-state index in [2.05, 4.69) is 37.0 Å². The predicted octanol–water partition coefficient (Wildman–Crippen LogP) is -0.851. The third-order valence-corrected chi connectivity index (χ3v) is 4.22. The number of nitrogens with one attached hydrogen (secondary N) is 1. The number of hydrogen-bond acceptors (Lipinski definition) is 7. The standard InChI is InChI=1S/C13H18N5O3P/c1-4-8(10(20)13(22,5-19)21-3)18-6-15-9-7(2)16-12(14)17-11(9)18/h1,6,8,10,19-20H,2,5,22H2,3H3,(H3,14,16,17)/t8?,10-,13?/m0/s1. The molecule has 0 saturated heterocycles. The van der Waals surface area contributed by atoms with Gasteiger partial charge in [0.1, 0.15) is 23.2 Å². The Kier molecular flexibility index (Phi) is 4.54. The maximum Gasteiger partial charge on any atom is 0.199 e. The van der Waals surface area contributed by atoms with Crippen molar-refractivity contribution in [2.24, 2.45) is 10.7 Å². The number of terminal acetylenes is 1. The van der Waals surface area contributed by atoms with Gasteiger partial charge in [-0.1, -0.05) is 21.7 Å². The van der Waals surface area contributed by atoms with E-state index >= 15 is 0 Å². The number of aliphatic hydroxyl groups excluding tert-OH is 2. The molecule has 0 radical (unpaired) electrons. The van der Waals surface area contributed by atoms with Crippen molar-refractivity contribution >= 4 is 26.7 Å². The highest BCUT2D eigenvalue weighted by Gasteiger charge is 2.40. The number of nitrogens with two attached hydrogens (primary N) is 1. The lowest BCUT2D eigenvalue weighted by Gasteiger charge is -2.34. The third kappa shape index (κ3) is 2.60. The monoisotopic (exact) mass is 323 g/mol. The van der Waals surface area contributed by atoms with Crippen LogP contribution in [-0.4, -0.2) is 50.9 Å². The molecule has 0 amide bonds. The quantitative estimate of drug-likeness (QED) is 0.414. The smallest absolute Gasteiger partial charge is 0.199 e. The minimum atomic E-state index is -1.31. The summed E-state index contributed by atoms with van der Waals surface area (Å²) < 4.78 is 6.65. The zero-order chi connectivity index (χ0) is 16.5. The predicted molar refractivity (Wildman–Crippen MR) is 86.1 cm³/mol. The van der Waals surface area contributed by atoms with Crippen LogP contribution < -0.4 is 11.1 Å². The number of methoxy groups -OCH3 is 1. The Morgan fingerprint density at radius 2 is 2.41 bits per heavy atom. The number of fused-ring (bicyclic) bond motifs is 1. The van der Waals surface area contributed by atoms with E-state index in [4.69, 9.17) is 16.9 Å². The molecule has 0 fully saturated rings. The molecular formula is C13H18N5O3P. The van der Waals surface area contributed by atoms with Crippen LogP contribution in [0.3, 0.4) is 0 Å². The van der Waals surface area contributed by atoms with E-state index in [0.29, 0.717) is 17.2 Å². The molecule has 0 bridgehead atoms. The molecule has 1 aromatic rings. The Morgan fingerprint density at radius 1 is 1.73 bits per heavy atom. The van der Waals surface area contributed by atoms with Crippen LogP contribution in [0.15, 0.2) is 17.9 Å². The first-order chi connectivity index (χ1) is 10.4. The Balaban J connectivity index is 2.48. The number of aliphatic imine (C=N–C) groups is 1. The van der Waals surface area contributed by atoms with Crippen LogP contribution in [0.1, 0.15) is 11.7 Å². The van der Waals surface area contributed by atoms with Crippen molar-refractivity contribution in [2.45, 2.75) is 17.5 Å². The lowest BCUT2D eigenvalue weighted by atomic mass is 10.1. The molecule has 4 atom stereocenters. The number of aliphatic hydroxyl groups is 2. The summed E-state index contributed by atoms with van der Waals surface area (Å²) in [6.07, 6.45) is 5.76. The van der Waals surface area contributed by atoms with Crippen molar-refractivity contribution in [3.05, 3.63) is 18.6 Å². The first kappa shape index (κ1) is 16.5. The van der Waals surface area contributed by atoms with Crippen LogP contribution in [0.5, 0.6) is 0 Å². The molecule has 0 spiro atoms. The van der Waals surface area contributed by atoms with Gasteiger partial charge in [-0.25, -0.2) is 4.98 Å². The molecule has 8 nitrogen and oxygen atoms in total. The van der Waals surface area contributed by atoms with Crippen LogP contribution in [0.4, 0.5) is 5.82 Å². The molecule has 1 aromatic heterocycles. The summed E-state index contributed by atoms with van der Waals surface area (Å²) >= 11 is 0. The first-order valence-corrected chi connectivity index (χ1v) is 6.92. The fourth-order valence-electron chi connectivity index (χ4n) is 2.11. The fraction of sp³-hybridized carbons (Fsp3) is 0.385. The number of guanidine groups is 1. The van der Waals surface area contributed by atoms with Crippen LogP contribution in [-0.2, 0) is 4.74 Å². The Hall–Kier alpha value is -1.91. The largest absolute Gasteiger partial charge is 0.393 e. The van der Waals surface area contributed by atoms with E-state index in [1.165, 1.54) is 18.0 Å². The van der Waals surface area contributed by atoms with Gasteiger partial charge in [0.25, 0.3) is 0 Å². The maximum absolute atomic E-state index is 10.5. The first-order valence-electron chi connectivity index (χ1n) is 6.34. The number of imidazole rings is 1. The third-order valence-electron chi connectivity index (χ3n) is 3.46. The van der Waals surface area contributed by atoms with Crippen molar-refractivity contribution in [1.82, 2.24) is 14.9 Å². The van der Waals surface area contributed by atoms with E-state index in [1.807, 2.05) is 0 Å². The molecule has 1 aliphatic heterocycles. The summed E-state index contributed by atoms with van der Waals surface area (Å²) in [5.74, 6) is 2.99. The normalized spacial score (nSPS) is 19.2. The van der Waals surface area contributed by atoms with Crippen LogP contribution in [0.2, 0.25) is 0 Å².